The lowest BCUT2D eigenvalue weighted by atomic mass is 10.1. The smallest absolute Gasteiger partial charge is 0.337 e. The predicted octanol–water partition coefficient (Wildman–Crippen LogP) is 3.12. The highest BCUT2D eigenvalue weighted by molar-refractivity contribution is 6.30. The summed E-state index contributed by atoms with van der Waals surface area (Å²) in [5.41, 5.74) is 1.54. The fourth-order valence-electron chi connectivity index (χ4n) is 2.84. The summed E-state index contributed by atoms with van der Waals surface area (Å²) in [5, 5.41) is 3.34. The summed E-state index contributed by atoms with van der Waals surface area (Å²) in [5.74, 6) is -1.33. The Morgan fingerprint density at radius 2 is 1.92 bits per heavy atom. The standard InChI is InChI=1S/C19H17ClN2O4/c1-26-19(25)12-3-2-4-15(9-12)21-18(24)13-10-17(23)22(11-13)16-7-5-14(20)6-8-16/h2-9,13H,10-11H2,1H3,(H,21,24). The molecule has 6 nitrogen and oxygen atoms in total. The van der Waals surface area contributed by atoms with Gasteiger partial charge >= 0.3 is 5.97 Å². The van der Waals surface area contributed by atoms with E-state index in [1.807, 2.05) is 0 Å². The lowest BCUT2D eigenvalue weighted by Gasteiger charge is -2.17. The molecule has 0 spiro atoms. The number of methoxy groups -OCH3 is 1. The van der Waals surface area contributed by atoms with Gasteiger partial charge in [-0.25, -0.2) is 4.79 Å². The summed E-state index contributed by atoms with van der Waals surface area (Å²) >= 11 is 5.87. The summed E-state index contributed by atoms with van der Waals surface area (Å²) in [6.45, 7) is 0.295. The molecule has 134 valence electrons. The topological polar surface area (TPSA) is 75.7 Å². The van der Waals surface area contributed by atoms with Crippen LogP contribution in [0.1, 0.15) is 16.8 Å². The van der Waals surface area contributed by atoms with Crippen molar-refractivity contribution in [2.45, 2.75) is 6.42 Å². The zero-order valence-electron chi connectivity index (χ0n) is 14.1. The lowest BCUT2D eigenvalue weighted by Crippen LogP contribution is -2.28. The maximum Gasteiger partial charge on any atom is 0.337 e. The van der Waals surface area contributed by atoms with E-state index in [-0.39, 0.29) is 18.2 Å². The number of esters is 1. The molecule has 1 unspecified atom stereocenters. The Bertz CT molecular complexity index is 851. The maximum atomic E-state index is 12.5. The van der Waals surface area contributed by atoms with Crippen molar-refractivity contribution in [3.8, 4) is 0 Å². The lowest BCUT2D eigenvalue weighted by molar-refractivity contribution is -0.122. The van der Waals surface area contributed by atoms with Gasteiger partial charge in [0, 0.05) is 29.4 Å². The molecule has 26 heavy (non-hydrogen) atoms. The van der Waals surface area contributed by atoms with E-state index < -0.39 is 11.9 Å². The molecule has 1 aliphatic heterocycles. The minimum atomic E-state index is -0.481. The first kappa shape index (κ1) is 17.9. The summed E-state index contributed by atoms with van der Waals surface area (Å²) in [6.07, 6.45) is 0.130. The molecule has 1 saturated heterocycles. The van der Waals surface area contributed by atoms with Gasteiger partial charge in [0.1, 0.15) is 0 Å². The number of rotatable bonds is 4. The summed E-state index contributed by atoms with van der Waals surface area (Å²) in [7, 11) is 1.29. The van der Waals surface area contributed by atoms with Crippen LogP contribution in [0.2, 0.25) is 5.02 Å². The van der Waals surface area contributed by atoms with E-state index in [1.165, 1.54) is 13.2 Å². The van der Waals surface area contributed by atoms with Crippen molar-refractivity contribution in [1.29, 1.82) is 0 Å². The molecule has 1 atom stereocenters. The van der Waals surface area contributed by atoms with Crippen molar-refractivity contribution < 1.29 is 19.1 Å². The fraction of sp³-hybridized carbons (Fsp3) is 0.211. The van der Waals surface area contributed by atoms with Crippen molar-refractivity contribution in [2.24, 2.45) is 5.92 Å². The number of benzene rings is 2. The Morgan fingerprint density at radius 1 is 1.19 bits per heavy atom. The van der Waals surface area contributed by atoms with Crippen LogP contribution in [0.5, 0.6) is 0 Å². The third-order valence-electron chi connectivity index (χ3n) is 4.19. The van der Waals surface area contributed by atoms with Gasteiger partial charge in [0.2, 0.25) is 11.8 Å². The van der Waals surface area contributed by atoms with Crippen molar-refractivity contribution in [3.05, 3.63) is 59.1 Å². The van der Waals surface area contributed by atoms with Gasteiger partial charge in [0.05, 0.1) is 18.6 Å². The largest absolute Gasteiger partial charge is 0.465 e. The van der Waals surface area contributed by atoms with Crippen LogP contribution in [-0.4, -0.2) is 31.4 Å². The molecule has 2 amide bonds. The number of hydrogen-bond acceptors (Lipinski definition) is 4. The van der Waals surface area contributed by atoms with Gasteiger partial charge in [-0.1, -0.05) is 17.7 Å². The van der Waals surface area contributed by atoms with E-state index in [1.54, 1.807) is 47.4 Å². The third-order valence-corrected chi connectivity index (χ3v) is 4.44. The number of amides is 2. The normalized spacial score (nSPS) is 16.5. The average molecular weight is 373 g/mol. The first-order valence-electron chi connectivity index (χ1n) is 8.03. The summed E-state index contributed by atoms with van der Waals surface area (Å²) in [6, 6.07) is 13.4. The minimum absolute atomic E-state index is 0.115. The maximum absolute atomic E-state index is 12.5. The molecule has 2 aromatic carbocycles. The number of halogens is 1. The molecule has 1 fully saturated rings. The monoisotopic (exact) mass is 372 g/mol. The van der Waals surface area contributed by atoms with Crippen LogP contribution in [0.15, 0.2) is 48.5 Å². The molecule has 7 heteroatoms. The Hall–Kier alpha value is -2.86. The summed E-state index contributed by atoms with van der Waals surface area (Å²) < 4.78 is 4.67. The first-order valence-corrected chi connectivity index (χ1v) is 8.41. The number of nitrogens with one attached hydrogen (secondary N) is 1. The van der Waals surface area contributed by atoms with E-state index in [0.717, 1.165) is 0 Å². The Balaban J connectivity index is 1.68. The highest BCUT2D eigenvalue weighted by Gasteiger charge is 2.35. The molecule has 3 rings (SSSR count). The quantitative estimate of drug-likeness (QED) is 0.837. The highest BCUT2D eigenvalue weighted by Crippen LogP contribution is 2.27. The van der Waals surface area contributed by atoms with Crippen LogP contribution in [0.3, 0.4) is 0 Å². The van der Waals surface area contributed by atoms with Crippen LogP contribution < -0.4 is 10.2 Å². The van der Waals surface area contributed by atoms with Crippen LogP contribution in [-0.2, 0) is 14.3 Å². The molecule has 0 aliphatic carbocycles. The third kappa shape index (κ3) is 3.86. The van der Waals surface area contributed by atoms with Crippen LogP contribution in [0.4, 0.5) is 11.4 Å². The number of carbonyl (C=O) groups is 3. The van der Waals surface area contributed by atoms with Gasteiger partial charge in [0.15, 0.2) is 0 Å². The Labute approximate surface area is 155 Å². The number of anilines is 2. The molecule has 1 N–H and O–H groups in total. The molecule has 0 aromatic heterocycles. The summed E-state index contributed by atoms with van der Waals surface area (Å²) in [4.78, 5) is 37.9. The van der Waals surface area contributed by atoms with Gasteiger partial charge in [0.25, 0.3) is 0 Å². The van der Waals surface area contributed by atoms with Crippen LogP contribution >= 0.6 is 11.6 Å². The molecule has 1 aliphatic rings. The molecular weight excluding hydrogens is 356 g/mol. The Morgan fingerprint density at radius 3 is 2.62 bits per heavy atom. The number of hydrogen-bond donors (Lipinski definition) is 1. The number of carbonyl (C=O) groups excluding carboxylic acids is 3. The predicted molar refractivity (Wildman–Crippen MR) is 98.3 cm³/mol. The minimum Gasteiger partial charge on any atom is -0.465 e. The highest BCUT2D eigenvalue weighted by atomic mass is 35.5. The van der Waals surface area contributed by atoms with E-state index >= 15 is 0 Å². The van der Waals surface area contributed by atoms with Gasteiger partial charge < -0.3 is 15.0 Å². The zero-order valence-corrected chi connectivity index (χ0v) is 14.8. The Kier molecular flexibility index (Phi) is 5.23. The second-order valence-electron chi connectivity index (χ2n) is 5.94. The van der Waals surface area contributed by atoms with E-state index in [9.17, 15) is 14.4 Å². The van der Waals surface area contributed by atoms with Gasteiger partial charge in [-0.05, 0) is 42.5 Å². The first-order chi connectivity index (χ1) is 12.5. The zero-order chi connectivity index (χ0) is 18.7. The molecule has 1 heterocycles. The molecular formula is C19H17ClN2O4. The van der Waals surface area contributed by atoms with E-state index in [0.29, 0.717) is 28.5 Å². The van der Waals surface area contributed by atoms with Gasteiger partial charge in [-0.3, -0.25) is 9.59 Å². The van der Waals surface area contributed by atoms with E-state index in [4.69, 9.17) is 11.6 Å². The molecule has 2 aromatic rings. The second-order valence-corrected chi connectivity index (χ2v) is 6.38. The molecule has 0 saturated carbocycles. The van der Waals surface area contributed by atoms with Crippen LogP contribution in [0.25, 0.3) is 0 Å². The van der Waals surface area contributed by atoms with Crippen molar-refractivity contribution >= 4 is 40.8 Å². The average Bonchev–Trinajstić information content (AvgIpc) is 3.04. The number of ether oxygens (including phenoxy) is 1. The van der Waals surface area contributed by atoms with Gasteiger partial charge in [-0.2, -0.15) is 0 Å². The molecule has 0 bridgehead atoms. The SMILES string of the molecule is COC(=O)c1cccc(NC(=O)C2CC(=O)N(c3ccc(Cl)cc3)C2)c1. The van der Waals surface area contributed by atoms with Crippen molar-refractivity contribution in [3.63, 3.8) is 0 Å². The van der Waals surface area contributed by atoms with Crippen LogP contribution in [0, 0.1) is 5.92 Å². The van der Waals surface area contributed by atoms with Gasteiger partial charge in [-0.15, -0.1) is 0 Å². The number of nitrogens with zero attached hydrogens (tertiary/aromatic N) is 1. The van der Waals surface area contributed by atoms with Crippen molar-refractivity contribution in [1.82, 2.24) is 0 Å². The fourth-order valence-corrected chi connectivity index (χ4v) is 2.97. The second kappa shape index (κ2) is 7.58. The van der Waals surface area contributed by atoms with E-state index in [2.05, 4.69) is 10.1 Å². The van der Waals surface area contributed by atoms with Crippen molar-refractivity contribution in [2.75, 3.05) is 23.9 Å². The molecule has 0 radical (unpaired) electrons.